The third-order valence-corrected chi connectivity index (χ3v) is 3.89. The smallest absolute Gasteiger partial charge is 0.215 e. The van der Waals surface area contributed by atoms with Gasteiger partial charge in [-0.3, -0.25) is 4.57 Å². The van der Waals surface area contributed by atoms with Crippen molar-refractivity contribution >= 4 is 17.1 Å². The molecular formula is C14H20N4O. The Hall–Kier alpha value is -1.78. The molecule has 3 rings (SSSR count). The highest BCUT2D eigenvalue weighted by atomic mass is 16.5. The van der Waals surface area contributed by atoms with Crippen LogP contribution in [-0.2, 0) is 0 Å². The Morgan fingerprint density at radius 1 is 1.42 bits per heavy atom. The number of anilines is 1. The predicted octanol–water partition coefficient (Wildman–Crippen LogP) is 2.77. The molecule has 0 radical (unpaired) electrons. The molecule has 1 unspecified atom stereocenters. The van der Waals surface area contributed by atoms with E-state index in [1.807, 2.05) is 12.1 Å². The second kappa shape index (κ2) is 4.72. The molecule has 0 saturated heterocycles. The summed E-state index contributed by atoms with van der Waals surface area (Å²) >= 11 is 0. The van der Waals surface area contributed by atoms with E-state index in [0.717, 1.165) is 23.5 Å². The molecule has 0 spiro atoms. The molecule has 2 heterocycles. The van der Waals surface area contributed by atoms with Gasteiger partial charge in [-0.05, 0) is 24.8 Å². The van der Waals surface area contributed by atoms with Crippen molar-refractivity contribution in [3.05, 3.63) is 12.1 Å². The van der Waals surface area contributed by atoms with Crippen LogP contribution in [0.15, 0.2) is 12.1 Å². The van der Waals surface area contributed by atoms with E-state index in [1.54, 1.807) is 7.11 Å². The molecule has 102 valence electrons. The Labute approximate surface area is 112 Å². The molecule has 2 N–H and O–H groups in total. The summed E-state index contributed by atoms with van der Waals surface area (Å²) in [5.41, 5.74) is 7.77. The third kappa shape index (κ3) is 2.25. The molecule has 1 aliphatic rings. The molecule has 0 aromatic carbocycles. The number of nitrogen functional groups attached to an aromatic ring is 1. The Morgan fingerprint density at radius 3 is 2.84 bits per heavy atom. The number of aromatic nitrogens is 3. The zero-order valence-electron chi connectivity index (χ0n) is 11.5. The maximum Gasteiger partial charge on any atom is 0.215 e. The lowest BCUT2D eigenvalue weighted by Gasteiger charge is -2.18. The molecular weight excluding hydrogens is 240 g/mol. The van der Waals surface area contributed by atoms with E-state index in [1.165, 1.54) is 19.3 Å². The van der Waals surface area contributed by atoms with Crippen LogP contribution in [0.1, 0.15) is 38.6 Å². The minimum absolute atomic E-state index is 0.386. The fourth-order valence-electron chi connectivity index (χ4n) is 2.64. The van der Waals surface area contributed by atoms with E-state index >= 15 is 0 Å². The first-order chi connectivity index (χ1) is 9.22. The van der Waals surface area contributed by atoms with Crippen LogP contribution in [-0.4, -0.2) is 21.6 Å². The topological polar surface area (TPSA) is 66.0 Å². The van der Waals surface area contributed by atoms with E-state index in [9.17, 15) is 0 Å². The number of fused-ring (bicyclic) bond motifs is 1. The number of imidazole rings is 1. The highest BCUT2D eigenvalue weighted by molar-refractivity contribution is 5.75. The van der Waals surface area contributed by atoms with Gasteiger partial charge in [-0.1, -0.05) is 19.8 Å². The van der Waals surface area contributed by atoms with E-state index in [4.69, 9.17) is 10.5 Å². The summed E-state index contributed by atoms with van der Waals surface area (Å²) in [7, 11) is 1.62. The summed E-state index contributed by atoms with van der Waals surface area (Å²) in [5, 5.41) is 0. The number of hydrogen-bond donors (Lipinski definition) is 1. The normalized spacial score (nSPS) is 16.7. The zero-order chi connectivity index (χ0) is 13.4. The number of rotatable bonds is 5. The predicted molar refractivity (Wildman–Crippen MR) is 75.2 cm³/mol. The summed E-state index contributed by atoms with van der Waals surface area (Å²) < 4.78 is 7.28. The van der Waals surface area contributed by atoms with Gasteiger partial charge in [0.25, 0.3) is 0 Å². The van der Waals surface area contributed by atoms with Gasteiger partial charge in [0.1, 0.15) is 5.52 Å². The average Bonchev–Trinajstić information content (AvgIpc) is 3.18. The van der Waals surface area contributed by atoms with Crippen molar-refractivity contribution in [1.82, 2.24) is 14.5 Å². The van der Waals surface area contributed by atoms with Gasteiger partial charge in [0.05, 0.1) is 7.11 Å². The number of hydrogen-bond acceptors (Lipinski definition) is 4. The van der Waals surface area contributed by atoms with Gasteiger partial charge in [-0.15, -0.1) is 0 Å². The zero-order valence-corrected chi connectivity index (χ0v) is 11.5. The van der Waals surface area contributed by atoms with Gasteiger partial charge in [0.15, 0.2) is 5.65 Å². The second-order valence-corrected chi connectivity index (χ2v) is 5.28. The van der Waals surface area contributed by atoms with Gasteiger partial charge < -0.3 is 10.5 Å². The second-order valence-electron chi connectivity index (χ2n) is 5.28. The van der Waals surface area contributed by atoms with Gasteiger partial charge in [0.2, 0.25) is 11.8 Å². The van der Waals surface area contributed by atoms with Gasteiger partial charge >= 0.3 is 0 Å². The standard InChI is InChI=1S/C14H20N4O/c1-3-10(8-9-4-5-9)18-13-11(16-14(18)15)6-7-12(17-13)19-2/h6-7,9-10H,3-5,8H2,1-2H3,(H2,15,16). The highest BCUT2D eigenvalue weighted by Gasteiger charge is 2.27. The van der Waals surface area contributed by atoms with Crippen LogP contribution < -0.4 is 10.5 Å². The quantitative estimate of drug-likeness (QED) is 0.897. The van der Waals surface area contributed by atoms with E-state index in [-0.39, 0.29) is 0 Å². The Kier molecular flexibility index (Phi) is 3.05. The highest BCUT2D eigenvalue weighted by Crippen LogP contribution is 2.39. The van der Waals surface area contributed by atoms with Crippen molar-refractivity contribution in [2.75, 3.05) is 12.8 Å². The van der Waals surface area contributed by atoms with Crippen LogP contribution in [0, 0.1) is 5.92 Å². The lowest BCUT2D eigenvalue weighted by atomic mass is 10.1. The minimum atomic E-state index is 0.386. The Morgan fingerprint density at radius 2 is 2.21 bits per heavy atom. The van der Waals surface area contributed by atoms with Crippen molar-refractivity contribution in [1.29, 1.82) is 0 Å². The lowest BCUT2D eigenvalue weighted by Crippen LogP contribution is -2.12. The average molecular weight is 260 g/mol. The molecule has 1 fully saturated rings. The Balaban J connectivity index is 2.05. The number of nitrogens with two attached hydrogens (primary N) is 1. The van der Waals surface area contributed by atoms with Crippen molar-refractivity contribution in [2.45, 2.75) is 38.6 Å². The molecule has 1 saturated carbocycles. The molecule has 1 atom stereocenters. The summed E-state index contributed by atoms with van der Waals surface area (Å²) in [6.45, 7) is 2.19. The molecule has 1 aliphatic carbocycles. The Bertz CT molecular complexity index is 588. The summed E-state index contributed by atoms with van der Waals surface area (Å²) in [4.78, 5) is 8.92. The van der Waals surface area contributed by atoms with Crippen LogP contribution in [0.25, 0.3) is 11.2 Å². The largest absolute Gasteiger partial charge is 0.481 e. The van der Waals surface area contributed by atoms with Crippen molar-refractivity contribution in [3.63, 3.8) is 0 Å². The fraction of sp³-hybridized carbons (Fsp3) is 0.571. The van der Waals surface area contributed by atoms with Crippen LogP contribution >= 0.6 is 0 Å². The minimum Gasteiger partial charge on any atom is -0.481 e. The van der Waals surface area contributed by atoms with E-state index < -0.39 is 0 Å². The van der Waals surface area contributed by atoms with E-state index in [2.05, 4.69) is 21.5 Å². The first-order valence-corrected chi connectivity index (χ1v) is 6.91. The van der Waals surface area contributed by atoms with E-state index in [0.29, 0.717) is 17.9 Å². The number of methoxy groups -OCH3 is 1. The first-order valence-electron chi connectivity index (χ1n) is 6.91. The number of ether oxygens (including phenoxy) is 1. The fourth-order valence-corrected chi connectivity index (χ4v) is 2.64. The molecule has 0 amide bonds. The molecule has 5 nitrogen and oxygen atoms in total. The van der Waals surface area contributed by atoms with Crippen LogP contribution in [0.2, 0.25) is 0 Å². The summed E-state index contributed by atoms with van der Waals surface area (Å²) in [6.07, 6.45) is 4.91. The van der Waals surface area contributed by atoms with Crippen molar-refractivity contribution < 1.29 is 4.74 Å². The van der Waals surface area contributed by atoms with Crippen LogP contribution in [0.3, 0.4) is 0 Å². The molecule has 0 aliphatic heterocycles. The van der Waals surface area contributed by atoms with Gasteiger partial charge in [0, 0.05) is 12.1 Å². The third-order valence-electron chi connectivity index (χ3n) is 3.89. The molecule has 5 heteroatoms. The monoisotopic (exact) mass is 260 g/mol. The number of pyridine rings is 1. The maximum absolute atomic E-state index is 6.09. The van der Waals surface area contributed by atoms with Crippen molar-refractivity contribution in [2.24, 2.45) is 5.92 Å². The number of nitrogens with zero attached hydrogens (tertiary/aromatic N) is 3. The molecule has 2 aromatic heterocycles. The van der Waals surface area contributed by atoms with Crippen molar-refractivity contribution in [3.8, 4) is 5.88 Å². The summed E-state index contributed by atoms with van der Waals surface area (Å²) in [5.74, 6) is 2.02. The lowest BCUT2D eigenvalue weighted by molar-refractivity contribution is 0.396. The molecule has 19 heavy (non-hydrogen) atoms. The molecule has 0 bridgehead atoms. The molecule has 2 aromatic rings. The van der Waals surface area contributed by atoms with Gasteiger partial charge in [-0.25, -0.2) is 4.98 Å². The maximum atomic E-state index is 6.09. The first kappa shape index (κ1) is 12.3. The van der Waals surface area contributed by atoms with Gasteiger partial charge in [-0.2, -0.15) is 4.98 Å². The SMILES string of the molecule is CCC(CC1CC1)n1c(N)nc2ccc(OC)nc21. The van der Waals surface area contributed by atoms with Crippen LogP contribution in [0.5, 0.6) is 5.88 Å². The van der Waals surface area contributed by atoms with Crippen LogP contribution in [0.4, 0.5) is 5.95 Å². The summed E-state index contributed by atoms with van der Waals surface area (Å²) in [6, 6.07) is 4.12.